The van der Waals surface area contributed by atoms with Gasteiger partial charge in [0, 0.05) is 17.9 Å². The summed E-state index contributed by atoms with van der Waals surface area (Å²) >= 11 is 4.93. The molecule has 0 spiro atoms. The number of hydrogen-bond acceptors (Lipinski definition) is 5. The van der Waals surface area contributed by atoms with Crippen LogP contribution >= 0.6 is 12.2 Å². The molecule has 1 atom stereocenters. The van der Waals surface area contributed by atoms with Gasteiger partial charge in [-0.05, 0) is 57.2 Å². The summed E-state index contributed by atoms with van der Waals surface area (Å²) in [5, 5.41) is 7.48. The number of nitrogens with one attached hydrogen (secondary N) is 3. The fraction of sp³-hybridized carbons (Fsp3) is 0.500. The van der Waals surface area contributed by atoms with Crippen LogP contribution in [0, 0.1) is 19.8 Å². The van der Waals surface area contributed by atoms with Gasteiger partial charge in [-0.15, -0.1) is 0 Å². The number of benzene rings is 1. The first-order valence-electron chi connectivity index (χ1n) is 8.74. The summed E-state index contributed by atoms with van der Waals surface area (Å²) < 4.78 is 0. The quantitative estimate of drug-likeness (QED) is 0.239. The highest BCUT2D eigenvalue weighted by molar-refractivity contribution is 7.80. The van der Waals surface area contributed by atoms with Gasteiger partial charge in [-0.3, -0.25) is 15.6 Å². The summed E-state index contributed by atoms with van der Waals surface area (Å²) in [5.74, 6) is 4.73. The molecule has 0 aliphatic rings. The topological polar surface area (TPSA) is 94.8 Å². The number of anilines is 1. The van der Waals surface area contributed by atoms with Crippen LogP contribution in [-0.4, -0.2) is 41.3 Å². The van der Waals surface area contributed by atoms with Crippen molar-refractivity contribution in [1.29, 1.82) is 0 Å². The van der Waals surface area contributed by atoms with Crippen LogP contribution < -0.4 is 22.0 Å². The molecule has 5 N–H and O–H groups in total. The predicted molar refractivity (Wildman–Crippen MR) is 112 cm³/mol. The maximum atomic E-state index is 13.0. The minimum atomic E-state index is -0.415. The largest absolute Gasteiger partial charge is 0.325 e. The van der Waals surface area contributed by atoms with Crippen LogP contribution in [0.25, 0.3) is 0 Å². The van der Waals surface area contributed by atoms with Crippen molar-refractivity contribution in [3.05, 3.63) is 29.3 Å². The van der Waals surface area contributed by atoms with Gasteiger partial charge in [0.1, 0.15) is 0 Å². The summed E-state index contributed by atoms with van der Waals surface area (Å²) in [7, 11) is 0. The van der Waals surface area contributed by atoms with Crippen LogP contribution in [0.3, 0.4) is 0 Å². The van der Waals surface area contributed by atoms with Gasteiger partial charge >= 0.3 is 0 Å². The van der Waals surface area contributed by atoms with Crippen molar-refractivity contribution in [2.75, 3.05) is 25.0 Å². The molecule has 1 unspecified atom stereocenters. The number of hydrazine groups is 1. The third kappa shape index (κ3) is 6.36. The van der Waals surface area contributed by atoms with Gasteiger partial charge in [0.25, 0.3) is 0 Å². The molecule has 1 aromatic carbocycles. The number of carbonyl (C=O) groups excluding carboxylic acids is 1. The number of hydrogen-bond donors (Lipinski definition) is 4. The Bertz CT molecular complexity index is 637. The van der Waals surface area contributed by atoms with Crippen molar-refractivity contribution in [3.8, 4) is 0 Å². The predicted octanol–water partition coefficient (Wildman–Crippen LogP) is 1.91. The number of nitrogens with two attached hydrogens (primary N) is 1. The van der Waals surface area contributed by atoms with Gasteiger partial charge in [0.05, 0.1) is 5.92 Å². The summed E-state index contributed by atoms with van der Waals surface area (Å²) in [4.78, 5) is 15.2. The fourth-order valence-electron chi connectivity index (χ4n) is 2.62. The van der Waals surface area contributed by atoms with Crippen LogP contribution in [0.2, 0.25) is 0 Å². The summed E-state index contributed by atoms with van der Waals surface area (Å²) in [6, 6.07) is 5.94. The van der Waals surface area contributed by atoms with Crippen LogP contribution in [0.15, 0.2) is 23.3 Å². The molecule has 0 aliphatic carbocycles. The lowest BCUT2D eigenvalue weighted by Crippen LogP contribution is -2.42. The number of carbonyl (C=O) groups is 1. The Kier molecular flexibility index (Phi) is 9.18. The minimum absolute atomic E-state index is 0.0935. The van der Waals surface area contributed by atoms with Crippen molar-refractivity contribution in [3.63, 3.8) is 0 Å². The van der Waals surface area contributed by atoms with E-state index in [9.17, 15) is 4.79 Å². The van der Waals surface area contributed by atoms with Gasteiger partial charge in [-0.1, -0.05) is 32.0 Å². The molecule has 0 fully saturated rings. The van der Waals surface area contributed by atoms with Gasteiger partial charge in [0.2, 0.25) is 11.0 Å². The summed E-state index contributed by atoms with van der Waals surface area (Å²) in [5.41, 5.74) is 8.50. The molecular formula is C18H30N6OS. The van der Waals surface area contributed by atoms with Gasteiger partial charge in [-0.2, -0.15) is 5.10 Å². The second-order valence-electron chi connectivity index (χ2n) is 6.13. The van der Waals surface area contributed by atoms with E-state index in [2.05, 4.69) is 40.0 Å². The molecule has 7 nitrogen and oxygen atoms in total. The second-order valence-corrected chi connectivity index (χ2v) is 6.54. The standard InChI is InChI=1S/C18H30N6OS/c1-6-24(7-2)11-15(14(5)22-23-18(26)21-19)17(25)20-16-12(3)9-8-10-13(16)4/h8-10,15H,6-7,11,19H2,1-5H3,(H,20,25)(H2,21,23,26)/b22-14-. The summed E-state index contributed by atoms with van der Waals surface area (Å²) in [6.07, 6.45) is 0. The Labute approximate surface area is 161 Å². The highest BCUT2D eigenvalue weighted by Crippen LogP contribution is 2.20. The third-order valence-electron chi connectivity index (χ3n) is 4.35. The molecule has 1 aromatic rings. The highest BCUT2D eigenvalue weighted by Gasteiger charge is 2.25. The number of nitrogens with zero attached hydrogens (tertiary/aromatic N) is 2. The van der Waals surface area contributed by atoms with Gasteiger partial charge in [0.15, 0.2) is 0 Å². The molecule has 0 saturated carbocycles. The molecule has 26 heavy (non-hydrogen) atoms. The molecule has 0 radical (unpaired) electrons. The number of amides is 1. The molecule has 0 bridgehead atoms. The first-order valence-corrected chi connectivity index (χ1v) is 9.14. The maximum absolute atomic E-state index is 13.0. The Morgan fingerprint density at radius 1 is 1.27 bits per heavy atom. The Morgan fingerprint density at radius 3 is 2.35 bits per heavy atom. The Morgan fingerprint density at radius 2 is 1.85 bits per heavy atom. The molecule has 0 aliphatic heterocycles. The van der Waals surface area contributed by atoms with Crippen LogP contribution in [-0.2, 0) is 4.79 Å². The first kappa shape index (κ1) is 22.0. The van der Waals surface area contributed by atoms with E-state index in [0.29, 0.717) is 12.3 Å². The molecule has 0 saturated heterocycles. The number of hydrazone groups is 1. The maximum Gasteiger partial charge on any atom is 0.234 e. The second kappa shape index (κ2) is 10.8. The van der Waals surface area contributed by atoms with E-state index in [4.69, 9.17) is 18.1 Å². The average molecular weight is 379 g/mol. The normalized spacial score (nSPS) is 12.7. The molecule has 144 valence electrons. The number of aryl methyl sites for hydroxylation is 2. The fourth-order valence-corrected chi connectivity index (χ4v) is 2.66. The lowest BCUT2D eigenvalue weighted by molar-refractivity contribution is -0.118. The molecular weight excluding hydrogens is 348 g/mol. The number of thiocarbonyl (C=S) groups is 1. The summed E-state index contributed by atoms with van der Waals surface area (Å²) in [6.45, 7) is 12.2. The average Bonchev–Trinajstić information content (AvgIpc) is 2.63. The lowest BCUT2D eigenvalue weighted by Gasteiger charge is -2.25. The van der Waals surface area contributed by atoms with Gasteiger partial charge in [-0.25, -0.2) is 5.84 Å². The van der Waals surface area contributed by atoms with E-state index in [-0.39, 0.29) is 11.0 Å². The third-order valence-corrected chi connectivity index (χ3v) is 4.56. The zero-order valence-corrected chi connectivity index (χ0v) is 17.0. The SMILES string of the molecule is CCN(CC)CC(C(=O)Nc1c(C)cccc1C)/C(C)=N\NC(=S)NN. The van der Waals surface area contributed by atoms with E-state index in [1.165, 1.54) is 0 Å². The van der Waals surface area contributed by atoms with Crippen molar-refractivity contribution < 1.29 is 4.79 Å². The number of rotatable bonds is 8. The van der Waals surface area contributed by atoms with Crippen LogP contribution in [0.4, 0.5) is 5.69 Å². The lowest BCUT2D eigenvalue weighted by atomic mass is 10.0. The van der Waals surface area contributed by atoms with E-state index in [0.717, 1.165) is 29.9 Å². The van der Waals surface area contributed by atoms with Crippen molar-refractivity contribution in [2.24, 2.45) is 16.9 Å². The molecule has 0 heterocycles. The molecule has 1 rings (SSSR count). The molecule has 0 aromatic heterocycles. The minimum Gasteiger partial charge on any atom is -0.325 e. The Hall–Kier alpha value is -2.03. The van der Waals surface area contributed by atoms with Crippen LogP contribution in [0.5, 0.6) is 0 Å². The molecule has 8 heteroatoms. The zero-order valence-electron chi connectivity index (χ0n) is 16.2. The van der Waals surface area contributed by atoms with Crippen molar-refractivity contribution in [1.82, 2.24) is 15.8 Å². The Balaban J connectivity index is 3.06. The van der Waals surface area contributed by atoms with Crippen LogP contribution in [0.1, 0.15) is 31.9 Å². The van der Waals surface area contributed by atoms with Gasteiger partial charge < -0.3 is 10.2 Å². The molecule has 1 amide bonds. The van der Waals surface area contributed by atoms with E-state index in [1.807, 2.05) is 39.0 Å². The highest BCUT2D eigenvalue weighted by atomic mass is 32.1. The van der Waals surface area contributed by atoms with Crippen molar-refractivity contribution >= 4 is 34.6 Å². The monoisotopic (exact) mass is 378 g/mol. The smallest absolute Gasteiger partial charge is 0.234 e. The zero-order chi connectivity index (χ0) is 19.7. The van der Waals surface area contributed by atoms with E-state index in [1.54, 1.807) is 0 Å². The van der Waals surface area contributed by atoms with E-state index < -0.39 is 5.92 Å². The van der Waals surface area contributed by atoms with Crippen molar-refractivity contribution in [2.45, 2.75) is 34.6 Å². The first-order chi connectivity index (χ1) is 12.3. The van der Waals surface area contributed by atoms with E-state index >= 15 is 0 Å². The number of para-hydroxylation sites is 1.